The highest BCUT2D eigenvalue weighted by Gasteiger charge is 2.83. The average molecular weight is 925 g/mol. The van der Waals surface area contributed by atoms with Crippen molar-refractivity contribution in [3.05, 3.63) is 0 Å². The third-order valence-corrected chi connectivity index (χ3v) is 13.4. The molecule has 4 bridgehead atoms. The fourth-order valence-corrected chi connectivity index (χ4v) is 8.13. The molecule has 0 aromatic heterocycles. The number of carbonyl (C=O) groups excluding carboxylic acids is 4. The molecule has 0 amide bonds. The second-order valence-electron chi connectivity index (χ2n) is 19.6. The first-order chi connectivity index (χ1) is 25.6. The molecular formula is C47H89F5O11. The molecular weight excluding hydrogens is 835 g/mol. The molecule has 6 rings (SSSR count). The minimum atomic E-state index is -5.74. The topological polar surface area (TPSA) is 155 Å². The van der Waals surface area contributed by atoms with Crippen LogP contribution < -0.4 is 0 Å². The van der Waals surface area contributed by atoms with Crippen LogP contribution in [0.5, 0.6) is 0 Å². The molecule has 378 valence electrons. The van der Waals surface area contributed by atoms with Gasteiger partial charge in [-0.3, -0.25) is 14.4 Å². The zero-order valence-corrected chi connectivity index (χ0v) is 35.7. The quantitative estimate of drug-likeness (QED) is 0.122. The summed E-state index contributed by atoms with van der Waals surface area (Å²) in [4.78, 5) is 47.1. The molecule has 6 aliphatic rings. The highest BCUT2D eigenvalue weighted by molar-refractivity contribution is 5.82. The SMILES string of the molecule is C.C.C.C.C.C.CCC(C)(C)C(=O)OC1(C)COC(O)(C(F)(F)F)C1(F)F.CCC(C)(C)C(=O)OC12CC3CC(C1)CC(C(C)(C)O)(C3)C2.CCC(C)(C)C(=O)OC1CCOC1=O. The summed E-state index contributed by atoms with van der Waals surface area (Å²) in [5.41, 5.74) is -6.07. The van der Waals surface area contributed by atoms with Gasteiger partial charge in [0.05, 0.1) is 35.1 Å². The Labute approximate surface area is 377 Å². The number of halogens is 5. The Morgan fingerprint density at radius 3 is 1.49 bits per heavy atom. The Bertz CT molecular complexity index is 1490. The maximum Gasteiger partial charge on any atom is 0.449 e. The van der Waals surface area contributed by atoms with Gasteiger partial charge in [-0.25, -0.2) is 4.79 Å². The largest absolute Gasteiger partial charge is 0.463 e. The minimum absolute atomic E-state index is 0. The standard InChI is InChI=1S/C19H32O3.C12H17F5O4.C10H16O4.6CH4/c1-6-16(2,3)15(20)22-19-10-13-7-14(11-19)9-18(8-13,12-19)17(4,5)21;1-5-8(2,3)7(18)21-9(4)6-20-11(19,10(9,13)14)12(15,16)17;1-4-10(2,3)9(12)14-7-5-6-13-8(7)11;;;;;;/h13-14,21H,6-12H2,1-5H3;19H,5-6H2,1-4H3;7H,4-6H2,1-3H3;6*1H4. The van der Waals surface area contributed by atoms with E-state index in [9.17, 15) is 51.3 Å². The molecule has 0 aromatic carbocycles. The lowest BCUT2D eigenvalue weighted by atomic mass is 9.44. The summed E-state index contributed by atoms with van der Waals surface area (Å²) in [7, 11) is 0. The molecule has 16 heteroatoms. The lowest BCUT2D eigenvalue weighted by Gasteiger charge is -2.64. The summed E-state index contributed by atoms with van der Waals surface area (Å²) in [5, 5.41) is 20.0. The van der Waals surface area contributed by atoms with E-state index in [1.54, 1.807) is 20.8 Å². The van der Waals surface area contributed by atoms with E-state index >= 15 is 0 Å². The van der Waals surface area contributed by atoms with Gasteiger partial charge in [0.15, 0.2) is 0 Å². The number of hydrogen-bond donors (Lipinski definition) is 2. The second-order valence-corrected chi connectivity index (χ2v) is 19.6. The Morgan fingerprint density at radius 2 is 1.14 bits per heavy atom. The van der Waals surface area contributed by atoms with Gasteiger partial charge < -0.3 is 33.9 Å². The van der Waals surface area contributed by atoms with Crippen molar-refractivity contribution in [2.45, 2.75) is 233 Å². The molecule has 4 saturated carbocycles. The highest BCUT2D eigenvalue weighted by atomic mass is 19.4. The zero-order valence-electron chi connectivity index (χ0n) is 35.7. The first kappa shape index (κ1) is 67.0. The van der Waals surface area contributed by atoms with Crippen molar-refractivity contribution < 1.29 is 75.0 Å². The maximum absolute atomic E-state index is 14.0. The maximum atomic E-state index is 14.0. The van der Waals surface area contributed by atoms with Crippen LogP contribution in [-0.4, -0.2) is 88.1 Å². The lowest BCUT2D eigenvalue weighted by Crippen LogP contribution is -2.63. The first-order valence-corrected chi connectivity index (χ1v) is 20.0. The number of cyclic esters (lactones) is 1. The van der Waals surface area contributed by atoms with Crippen LogP contribution in [0, 0.1) is 33.5 Å². The lowest BCUT2D eigenvalue weighted by molar-refractivity contribution is -0.409. The van der Waals surface area contributed by atoms with Crippen LogP contribution >= 0.6 is 0 Å². The molecule has 11 nitrogen and oxygen atoms in total. The highest BCUT2D eigenvalue weighted by Crippen LogP contribution is 2.66. The monoisotopic (exact) mass is 925 g/mol. The summed E-state index contributed by atoms with van der Waals surface area (Å²) in [5.74, 6) is -10.2. The second kappa shape index (κ2) is 22.3. The van der Waals surface area contributed by atoms with Crippen molar-refractivity contribution in [1.82, 2.24) is 0 Å². The summed E-state index contributed by atoms with van der Waals surface area (Å²) in [6.07, 6.45) is 2.10. The van der Waals surface area contributed by atoms with Crippen molar-refractivity contribution in [2.24, 2.45) is 33.5 Å². The van der Waals surface area contributed by atoms with Crippen molar-refractivity contribution >= 4 is 23.9 Å². The van der Waals surface area contributed by atoms with Crippen molar-refractivity contribution in [3.8, 4) is 0 Å². The van der Waals surface area contributed by atoms with Gasteiger partial charge in [-0.15, -0.1) is 0 Å². The molecule has 5 unspecified atom stereocenters. The molecule has 4 aliphatic carbocycles. The Morgan fingerprint density at radius 1 is 0.730 bits per heavy atom. The third-order valence-electron chi connectivity index (χ3n) is 13.4. The van der Waals surface area contributed by atoms with Crippen LogP contribution in [0.1, 0.15) is 192 Å². The number of carbonyl (C=O) groups is 4. The molecule has 2 N–H and O–H groups in total. The number of alkyl halides is 5. The average Bonchev–Trinajstić information content (AvgIpc) is 3.56. The van der Waals surface area contributed by atoms with Gasteiger partial charge in [0.25, 0.3) is 0 Å². The van der Waals surface area contributed by atoms with E-state index in [4.69, 9.17) is 14.2 Å². The van der Waals surface area contributed by atoms with Gasteiger partial charge in [-0.2, -0.15) is 22.0 Å². The Kier molecular flexibility index (Phi) is 23.7. The number of esters is 4. The van der Waals surface area contributed by atoms with E-state index in [0.29, 0.717) is 38.2 Å². The van der Waals surface area contributed by atoms with Gasteiger partial charge >= 0.3 is 41.8 Å². The molecule has 63 heavy (non-hydrogen) atoms. The molecule has 5 atom stereocenters. The van der Waals surface area contributed by atoms with Crippen LogP contribution in [0.2, 0.25) is 0 Å². The van der Waals surface area contributed by atoms with Crippen LogP contribution in [0.3, 0.4) is 0 Å². The summed E-state index contributed by atoms with van der Waals surface area (Å²) >= 11 is 0. The minimum Gasteiger partial charge on any atom is -0.463 e. The van der Waals surface area contributed by atoms with Gasteiger partial charge in [-0.1, -0.05) is 65.3 Å². The van der Waals surface area contributed by atoms with Gasteiger partial charge in [0.2, 0.25) is 11.7 Å². The number of ether oxygens (including phenoxy) is 5. The Hall–Kier alpha value is -2.59. The van der Waals surface area contributed by atoms with Crippen LogP contribution in [-0.2, 0) is 42.9 Å². The molecule has 0 aromatic rings. The van der Waals surface area contributed by atoms with Crippen LogP contribution in [0.4, 0.5) is 22.0 Å². The third kappa shape index (κ3) is 13.3. The molecule has 2 saturated heterocycles. The smallest absolute Gasteiger partial charge is 0.449 e. The molecule has 0 spiro atoms. The van der Waals surface area contributed by atoms with Crippen molar-refractivity contribution in [2.75, 3.05) is 13.2 Å². The number of hydrogen-bond acceptors (Lipinski definition) is 11. The summed E-state index contributed by atoms with van der Waals surface area (Å²) in [6, 6.07) is 0. The zero-order chi connectivity index (χ0) is 44.1. The number of aliphatic hydroxyl groups is 2. The summed E-state index contributed by atoms with van der Waals surface area (Å²) in [6.45, 7) is 19.5. The first-order valence-electron chi connectivity index (χ1n) is 20.0. The molecule has 2 aliphatic heterocycles. The number of rotatable bonds is 10. The van der Waals surface area contributed by atoms with Gasteiger partial charge in [-0.05, 0) is 132 Å². The fraction of sp³-hybridized carbons (Fsp3) is 0.915. The molecule has 0 radical (unpaired) electrons. The molecule has 6 fully saturated rings. The molecule has 2 heterocycles. The van der Waals surface area contributed by atoms with E-state index in [1.807, 2.05) is 41.5 Å². The normalized spacial score (nSPS) is 30.1. The van der Waals surface area contributed by atoms with Crippen molar-refractivity contribution in [3.63, 3.8) is 0 Å². The Balaban J connectivity index is -0.000000404. The predicted molar refractivity (Wildman–Crippen MR) is 237 cm³/mol. The van der Waals surface area contributed by atoms with Crippen LogP contribution in [0.25, 0.3) is 0 Å². The van der Waals surface area contributed by atoms with Gasteiger partial charge in [0, 0.05) is 11.8 Å². The predicted octanol–water partition coefficient (Wildman–Crippen LogP) is 11.8. The van der Waals surface area contributed by atoms with Gasteiger partial charge in [0.1, 0.15) is 5.60 Å². The van der Waals surface area contributed by atoms with E-state index in [0.717, 1.165) is 38.5 Å². The van der Waals surface area contributed by atoms with E-state index < -0.39 is 70.0 Å². The van der Waals surface area contributed by atoms with E-state index in [2.05, 4.69) is 9.47 Å². The van der Waals surface area contributed by atoms with E-state index in [-0.39, 0.29) is 73.9 Å². The summed E-state index contributed by atoms with van der Waals surface area (Å²) < 4.78 is 90.3. The van der Waals surface area contributed by atoms with Crippen LogP contribution in [0.15, 0.2) is 0 Å². The fourth-order valence-electron chi connectivity index (χ4n) is 8.13. The van der Waals surface area contributed by atoms with E-state index in [1.165, 1.54) is 20.3 Å². The van der Waals surface area contributed by atoms with Crippen molar-refractivity contribution in [1.29, 1.82) is 0 Å².